The van der Waals surface area contributed by atoms with Crippen molar-refractivity contribution in [3.05, 3.63) is 0 Å². The normalized spacial score (nSPS) is 12.2. The average Bonchev–Trinajstić information content (AvgIpc) is 2.16. The van der Waals surface area contributed by atoms with E-state index < -0.39 is 0 Å². The van der Waals surface area contributed by atoms with Crippen molar-refractivity contribution >= 4 is 11.9 Å². The molecular formula is C9H17N5O2. The van der Waals surface area contributed by atoms with Gasteiger partial charge in [0.2, 0.25) is 11.9 Å². The predicted molar refractivity (Wildman–Crippen MR) is 60.2 cm³/mol. The van der Waals surface area contributed by atoms with Gasteiger partial charge in [-0.2, -0.15) is 15.0 Å². The minimum atomic E-state index is -0.363. The zero-order valence-corrected chi connectivity index (χ0v) is 9.47. The van der Waals surface area contributed by atoms with E-state index in [-0.39, 0.29) is 18.1 Å². The third-order valence-corrected chi connectivity index (χ3v) is 1.75. The fraction of sp³-hybridized carbons (Fsp3) is 0.667. The van der Waals surface area contributed by atoms with Crippen LogP contribution < -0.4 is 15.8 Å². The van der Waals surface area contributed by atoms with Crippen molar-refractivity contribution in [1.29, 1.82) is 0 Å². The van der Waals surface area contributed by atoms with Gasteiger partial charge in [-0.3, -0.25) is 0 Å². The highest BCUT2D eigenvalue weighted by molar-refractivity contribution is 5.32. The maximum absolute atomic E-state index is 9.08. The maximum Gasteiger partial charge on any atom is 0.323 e. The van der Waals surface area contributed by atoms with Crippen molar-refractivity contribution in [3.8, 4) is 6.01 Å². The second-order valence-electron chi connectivity index (χ2n) is 3.30. The van der Waals surface area contributed by atoms with Crippen molar-refractivity contribution in [3.63, 3.8) is 0 Å². The third-order valence-electron chi connectivity index (χ3n) is 1.75. The van der Waals surface area contributed by atoms with Crippen LogP contribution in [0.5, 0.6) is 6.01 Å². The maximum atomic E-state index is 9.08. The van der Waals surface area contributed by atoms with E-state index in [1.165, 1.54) is 0 Å². The molecule has 0 fully saturated rings. The number of aliphatic hydroxyl groups excluding tert-OH is 1. The summed E-state index contributed by atoms with van der Waals surface area (Å²) in [5, 5.41) is 12.0. The van der Waals surface area contributed by atoms with Crippen LogP contribution >= 0.6 is 0 Å². The molecule has 7 nitrogen and oxygen atoms in total. The fourth-order valence-corrected chi connectivity index (χ4v) is 1.04. The second kappa shape index (κ2) is 6.06. The predicted octanol–water partition coefficient (Wildman–Crippen LogP) is 0.0353. The molecule has 0 radical (unpaired) electrons. The van der Waals surface area contributed by atoms with E-state index in [9.17, 15) is 0 Å². The molecule has 1 aromatic rings. The summed E-state index contributed by atoms with van der Waals surface area (Å²) in [6.07, 6.45) is 0.244. The van der Waals surface area contributed by atoms with Crippen molar-refractivity contribution in [2.75, 3.05) is 24.2 Å². The Morgan fingerprint density at radius 2 is 2.19 bits per heavy atom. The van der Waals surface area contributed by atoms with E-state index in [1.807, 2.05) is 6.92 Å². The fourth-order valence-electron chi connectivity index (χ4n) is 1.04. The quantitative estimate of drug-likeness (QED) is 0.629. The molecule has 0 aliphatic carbocycles. The number of nitrogens with two attached hydrogens (primary N) is 1. The van der Waals surface area contributed by atoms with E-state index >= 15 is 0 Å². The lowest BCUT2D eigenvalue weighted by atomic mass is 10.3. The number of nitrogen functional groups attached to an aromatic ring is 1. The Labute approximate surface area is 94.1 Å². The molecule has 0 saturated heterocycles. The van der Waals surface area contributed by atoms with E-state index in [0.29, 0.717) is 25.5 Å². The lowest BCUT2D eigenvalue weighted by Crippen LogP contribution is -2.13. The summed E-state index contributed by atoms with van der Waals surface area (Å²) < 4.78 is 5.12. The topological polar surface area (TPSA) is 106 Å². The number of anilines is 2. The molecule has 0 saturated carbocycles. The van der Waals surface area contributed by atoms with Crippen molar-refractivity contribution < 1.29 is 9.84 Å². The average molecular weight is 227 g/mol. The first-order valence-corrected chi connectivity index (χ1v) is 5.18. The third kappa shape index (κ3) is 4.26. The van der Waals surface area contributed by atoms with E-state index in [4.69, 9.17) is 15.6 Å². The van der Waals surface area contributed by atoms with Gasteiger partial charge in [-0.15, -0.1) is 0 Å². The first-order valence-electron chi connectivity index (χ1n) is 5.18. The van der Waals surface area contributed by atoms with Gasteiger partial charge in [0.1, 0.15) is 0 Å². The highest BCUT2D eigenvalue weighted by atomic mass is 16.5. The molecule has 0 spiro atoms. The monoisotopic (exact) mass is 227 g/mol. The highest BCUT2D eigenvalue weighted by Crippen LogP contribution is 2.08. The van der Waals surface area contributed by atoms with Crippen LogP contribution in [0.1, 0.15) is 20.3 Å². The molecule has 1 atom stereocenters. The zero-order chi connectivity index (χ0) is 12.0. The van der Waals surface area contributed by atoms with Crippen LogP contribution in [0.4, 0.5) is 11.9 Å². The van der Waals surface area contributed by atoms with Gasteiger partial charge in [0.15, 0.2) is 0 Å². The summed E-state index contributed by atoms with van der Waals surface area (Å²) in [4.78, 5) is 11.7. The summed E-state index contributed by atoms with van der Waals surface area (Å²) in [6.45, 7) is 4.58. The molecule has 4 N–H and O–H groups in total. The van der Waals surface area contributed by atoms with Gasteiger partial charge in [0.05, 0.1) is 12.7 Å². The van der Waals surface area contributed by atoms with Gasteiger partial charge in [0.25, 0.3) is 0 Å². The van der Waals surface area contributed by atoms with Crippen LogP contribution in [0, 0.1) is 0 Å². The van der Waals surface area contributed by atoms with Gasteiger partial charge in [0, 0.05) is 6.54 Å². The molecule has 16 heavy (non-hydrogen) atoms. The molecule has 0 aliphatic heterocycles. The molecule has 0 bridgehead atoms. The van der Waals surface area contributed by atoms with Gasteiger partial charge in [-0.05, 0) is 20.3 Å². The van der Waals surface area contributed by atoms with E-state index in [2.05, 4.69) is 20.3 Å². The Kier molecular flexibility index (Phi) is 4.71. The summed E-state index contributed by atoms with van der Waals surface area (Å²) in [7, 11) is 0. The molecule has 1 aromatic heterocycles. The zero-order valence-electron chi connectivity index (χ0n) is 9.47. The lowest BCUT2D eigenvalue weighted by molar-refractivity contribution is 0.188. The van der Waals surface area contributed by atoms with E-state index in [0.717, 1.165) is 0 Å². The smallest absolute Gasteiger partial charge is 0.323 e. The van der Waals surface area contributed by atoms with Gasteiger partial charge >= 0.3 is 6.01 Å². The summed E-state index contributed by atoms with van der Waals surface area (Å²) in [5.41, 5.74) is 5.49. The number of ether oxygens (including phenoxy) is 1. The number of hydrogen-bond acceptors (Lipinski definition) is 7. The minimum absolute atomic E-state index is 0.109. The number of hydrogen-bond donors (Lipinski definition) is 3. The van der Waals surface area contributed by atoms with Crippen molar-refractivity contribution in [2.24, 2.45) is 0 Å². The Hall–Kier alpha value is -1.63. The lowest BCUT2D eigenvalue weighted by Gasteiger charge is -2.08. The number of nitrogens with zero attached hydrogens (tertiary/aromatic N) is 3. The molecule has 0 amide bonds. The minimum Gasteiger partial charge on any atom is -0.464 e. The summed E-state index contributed by atoms with van der Waals surface area (Å²) >= 11 is 0. The largest absolute Gasteiger partial charge is 0.464 e. The van der Waals surface area contributed by atoms with E-state index in [1.54, 1.807) is 6.92 Å². The Morgan fingerprint density at radius 1 is 1.44 bits per heavy atom. The first-order chi connectivity index (χ1) is 7.61. The molecule has 1 heterocycles. The number of rotatable bonds is 6. The summed E-state index contributed by atoms with van der Waals surface area (Å²) in [5.74, 6) is 0.467. The first kappa shape index (κ1) is 12.4. The van der Waals surface area contributed by atoms with Gasteiger partial charge < -0.3 is 20.9 Å². The van der Waals surface area contributed by atoms with Crippen LogP contribution in [0.2, 0.25) is 0 Å². The highest BCUT2D eigenvalue weighted by Gasteiger charge is 2.04. The number of aromatic nitrogens is 3. The number of nitrogens with one attached hydrogen (secondary N) is 1. The van der Waals surface area contributed by atoms with Crippen LogP contribution in [0.15, 0.2) is 0 Å². The van der Waals surface area contributed by atoms with Gasteiger partial charge in [-0.25, -0.2) is 0 Å². The molecular weight excluding hydrogens is 210 g/mol. The van der Waals surface area contributed by atoms with Crippen molar-refractivity contribution in [1.82, 2.24) is 15.0 Å². The van der Waals surface area contributed by atoms with Crippen LogP contribution in [-0.4, -0.2) is 39.3 Å². The molecule has 7 heteroatoms. The van der Waals surface area contributed by atoms with Crippen molar-refractivity contribution in [2.45, 2.75) is 26.4 Å². The van der Waals surface area contributed by atoms with Crippen LogP contribution in [-0.2, 0) is 0 Å². The Bertz CT molecular complexity index is 332. The van der Waals surface area contributed by atoms with Crippen LogP contribution in [0.25, 0.3) is 0 Å². The molecule has 90 valence electrons. The Balaban J connectivity index is 2.58. The summed E-state index contributed by atoms with van der Waals surface area (Å²) in [6, 6.07) is 0.203. The molecule has 1 rings (SSSR count). The Morgan fingerprint density at radius 3 is 2.81 bits per heavy atom. The standard InChI is InChI=1S/C9H17N5O2/c1-3-16-9-13-7(10)12-8(14-9)11-5-4-6(2)15/h6,15H,3-5H2,1-2H3,(H3,10,11,12,13,14). The number of aliphatic hydroxyl groups is 1. The molecule has 0 aromatic carbocycles. The van der Waals surface area contributed by atoms with Gasteiger partial charge in [-0.1, -0.05) is 0 Å². The second-order valence-corrected chi connectivity index (χ2v) is 3.30. The molecule has 0 aliphatic rings. The molecule has 1 unspecified atom stereocenters. The van der Waals surface area contributed by atoms with Crippen LogP contribution in [0.3, 0.4) is 0 Å². The SMILES string of the molecule is CCOc1nc(N)nc(NCCC(C)O)n1.